The SMILES string of the molecule is Cc1noc(C2CCN(C(=O)CCNC(=O)c3ccc(F)cc3Cl)CC2)n1. The second-order valence-electron chi connectivity index (χ2n) is 6.46. The van der Waals surface area contributed by atoms with Crippen LogP contribution in [-0.2, 0) is 4.79 Å². The Bertz CT molecular complexity index is 834. The Morgan fingerprint density at radius 1 is 1.37 bits per heavy atom. The van der Waals surface area contributed by atoms with Crippen molar-refractivity contribution >= 4 is 23.4 Å². The van der Waals surface area contributed by atoms with Gasteiger partial charge in [-0.3, -0.25) is 9.59 Å². The van der Waals surface area contributed by atoms with Crippen LogP contribution in [0.4, 0.5) is 4.39 Å². The van der Waals surface area contributed by atoms with Crippen LogP contribution in [0, 0.1) is 12.7 Å². The zero-order valence-corrected chi connectivity index (χ0v) is 15.6. The van der Waals surface area contributed by atoms with Crippen molar-refractivity contribution in [2.75, 3.05) is 19.6 Å². The third-order valence-electron chi connectivity index (χ3n) is 4.54. The lowest BCUT2D eigenvalue weighted by atomic mass is 9.96. The minimum absolute atomic E-state index is 0.0272. The Morgan fingerprint density at radius 3 is 2.74 bits per heavy atom. The number of nitrogens with zero attached hydrogens (tertiary/aromatic N) is 3. The van der Waals surface area contributed by atoms with E-state index in [1.54, 1.807) is 11.8 Å². The second kappa shape index (κ2) is 8.47. The molecular formula is C18H20ClFN4O3. The zero-order valence-electron chi connectivity index (χ0n) is 14.9. The fraction of sp³-hybridized carbons (Fsp3) is 0.444. The number of benzene rings is 1. The third kappa shape index (κ3) is 4.82. The van der Waals surface area contributed by atoms with Crippen LogP contribution in [0.25, 0.3) is 0 Å². The normalized spacial score (nSPS) is 15.0. The third-order valence-corrected chi connectivity index (χ3v) is 4.85. The number of aryl methyl sites for hydroxylation is 1. The summed E-state index contributed by atoms with van der Waals surface area (Å²) in [7, 11) is 0. The molecule has 0 radical (unpaired) electrons. The molecular weight excluding hydrogens is 375 g/mol. The van der Waals surface area contributed by atoms with Crippen molar-refractivity contribution in [1.29, 1.82) is 0 Å². The predicted molar refractivity (Wildman–Crippen MR) is 96.0 cm³/mol. The van der Waals surface area contributed by atoms with Gasteiger partial charge < -0.3 is 14.7 Å². The second-order valence-corrected chi connectivity index (χ2v) is 6.87. The van der Waals surface area contributed by atoms with E-state index in [0.29, 0.717) is 24.8 Å². The lowest BCUT2D eigenvalue weighted by molar-refractivity contribution is -0.132. The molecule has 144 valence electrons. The van der Waals surface area contributed by atoms with Crippen molar-refractivity contribution in [2.24, 2.45) is 0 Å². The van der Waals surface area contributed by atoms with Crippen LogP contribution in [0.5, 0.6) is 0 Å². The van der Waals surface area contributed by atoms with E-state index in [9.17, 15) is 14.0 Å². The Labute approximate surface area is 160 Å². The summed E-state index contributed by atoms with van der Waals surface area (Å²) in [6.45, 7) is 3.19. The average Bonchev–Trinajstić information content (AvgIpc) is 3.08. The van der Waals surface area contributed by atoms with Crippen LogP contribution >= 0.6 is 11.6 Å². The Morgan fingerprint density at radius 2 is 2.11 bits per heavy atom. The first-order chi connectivity index (χ1) is 12.9. The lowest BCUT2D eigenvalue weighted by Crippen LogP contribution is -2.39. The molecule has 1 fully saturated rings. The molecule has 0 unspecified atom stereocenters. The Kier molecular flexibility index (Phi) is 6.05. The van der Waals surface area contributed by atoms with Crippen LogP contribution < -0.4 is 5.32 Å². The molecule has 2 amide bonds. The van der Waals surface area contributed by atoms with Crippen molar-refractivity contribution in [2.45, 2.75) is 32.1 Å². The van der Waals surface area contributed by atoms with Gasteiger partial charge in [-0.25, -0.2) is 4.39 Å². The highest BCUT2D eigenvalue weighted by molar-refractivity contribution is 6.33. The molecule has 1 N–H and O–H groups in total. The number of halogens is 2. The first-order valence-electron chi connectivity index (χ1n) is 8.75. The fourth-order valence-corrected chi connectivity index (χ4v) is 3.32. The number of hydrogen-bond acceptors (Lipinski definition) is 5. The molecule has 27 heavy (non-hydrogen) atoms. The van der Waals surface area contributed by atoms with Crippen LogP contribution in [0.15, 0.2) is 22.7 Å². The highest BCUT2D eigenvalue weighted by Crippen LogP contribution is 2.26. The molecule has 3 rings (SSSR count). The summed E-state index contributed by atoms with van der Waals surface area (Å²) >= 11 is 5.86. The molecule has 0 atom stereocenters. The predicted octanol–water partition coefficient (Wildman–Crippen LogP) is 2.70. The first-order valence-corrected chi connectivity index (χ1v) is 9.13. The summed E-state index contributed by atoms with van der Waals surface area (Å²) in [5, 5.41) is 6.48. The number of carbonyl (C=O) groups excluding carboxylic acids is 2. The molecule has 2 aromatic rings. The van der Waals surface area contributed by atoms with Gasteiger partial charge in [0.2, 0.25) is 11.8 Å². The number of rotatable bonds is 5. The van der Waals surface area contributed by atoms with Gasteiger partial charge in [-0.2, -0.15) is 4.98 Å². The molecule has 7 nitrogen and oxygen atoms in total. The Hall–Kier alpha value is -2.48. The monoisotopic (exact) mass is 394 g/mol. The standard InChI is InChI=1S/C18H20ClFN4O3/c1-11-22-18(27-23-11)12-5-8-24(9-6-12)16(25)4-7-21-17(26)14-3-2-13(20)10-15(14)19/h2-3,10,12H,4-9H2,1H3,(H,21,26). The molecule has 1 aromatic carbocycles. The molecule has 0 spiro atoms. The topological polar surface area (TPSA) is 88.3 Å². The molecule has 0 saturated carbocycles. The molecule has 0 aliphatic carbocycles. The van der Waals surface area contributed by atoms with E-state index in [1.165, 1.54) is 12.1 Å². The van der Waals surface area contributed by atoms with Gasteiger partial charge in [0.15, 0.2) is 5.82 Å². The van der Waals surface area contributed by atoms with E-state index >= 15 is 0 Å². The minimum Gasteiger partial charge on any atom is -0.351 e. The molecule has 2 heterocycles. The van der Waals surface area contributed by atoms with E-state index in [0.717, 1.165) is 18.9 Å². The molecule has 1 aliphatic rings. The highest BCUT2D eigenvalue weighted by Gasteiger charge is 2.27. The maximum atomic E-state index is 13.0. The Balaban J connectivity index is 1.43. The number of piperidine rings is 1. The van der Waals surface area contributed by atoms with Crippen molar-refractivity contribution in [3.05, 3.63) is 46.3 Å². The number of aromatic nitrogens is 2. The highest BCUT2D eigenvalue weighted by atomic mass is 35.5. The summed E-state index contributed by atoms with van der Waals surface area (Å²) in [6.07, 6.45) is 1.73. The van der Waals surface area contributed by atoms with Gasteiger partial charge in [-0.1, -0.05) is 16.8 Å². The quantitative estimate of drug-likeness (QED) is 0.842. The fourth-order valence-electron chi connectivity index (χ4n) is 3.06. The molecule has 1 aliphatic heterocycles. The van der Waals surface area contributed by atoms with Crippen LogP contribution in [0.3, 0.4) is 0 Å². The van der Waals surface area contributed by atoms with Gasteiger partial charge in [0.25, 0.3) is 5.91 Å². The molecule has 1 aromatic heterocycles. The van der Waals surface area contributed by atoms with E-state index in [4.69, 9.17) is 16.1 Å². The van der Waals surface area contributed by atoms with Crippen LogP contribution in [-0.4, -0.2) is 46.5 Å². The largest absolute Gasteiger partial charge is 0.351 e. The van der Waals surface area contributed by atoms with Crippen LogP contribution in [0.2, 0.25) is 5.02 Å². The number of amides is 2. The molecule has 0 bridgehead atoms. The van der Waals surface area contributed by atoms with Crippen molar-refractivity contribution in [3.63, 3.8) is 0 Å². The average molecular weight is 395 g/mol. The van der Waals surface area contributed by atoms with Crippen LogP contribution in [0.1, 0.15) is 47.3 Å². The van der Waals surface area contributed by atoms with Crippen molar-refractivity contribution < 1.29 is 18.5 Å². The number of nitrogens with one attached hydrogen (secondary N) is 1. The molecule has 1 saturated heterocycles. The summed E-state index contributed by atoms with van der Waals surface area (Å²) < 4.78 is 18.2. The molecule has 9 heteroatoms. The van der Waals surface area contributed by atoms with E-state index in [2.05, 4.69) is 15.5 Å². The van der Waals surface area contributed by atoms with Gasteiger partial charge in [-0.15, -0.1) is 0 Å². The van der Waals surface area contributed by atoms with E-state index in [1.807, 2.05) is 0 Å². The van der Waals surface area contributed by atoms with Gasteiger partial charge >= 0.3 is 0 Å². The summed E-state index contributed by atoms with van der Waals surface area (Å²) in [5.41, 5.74) is 0.182. The first kappa shape index (κ1) is 19.3. The smallest absolute Gasteiger partial charge is 0.252 e. The van der Waals surface area contributed by atoms with E-state index in [-0.39, 0.29) is 35.4 Å². The van der Waals surface area contributed by atoms with Crippen molar-refractivity contribution in [3.8, 4) is 0 Å². The number of likely N-dealkylation sites (tertiary alicyclic amines) is 1. The summed E-state index contributed by atoms with van der Waals surface area (Å²) in [6, 6.07) is 3.57. The van der Waals surface area contributed by atoms with Crippen molar-refractivity contribution in [1.82, 2.24) is 20.4 Å². The van der Waals surface area contributed by atoms with E-state index < -0.39 is 11.7 Å². The van der Waals surface area contributed by atoms with Gasteiger partial charge in [0.05, 0.1) is 10.6 Å². The number of carbonyl (C=O) groups is 2. The minimum atomic E-state index is -0.508. The summed E-state index contributed by atoms with van der Waals surface area (Å²) in [5.74, 6) is 0.448. The maximum Gasteiger partial charge on any atom is 0.252 e. The summed E-state index contributed by atoms with van der Waals surface area (Å²) in [4.78, 5) is 30.4. The van der Waals surface area contributed by atoms with Gasteiger partial charge in [0, 0.05) is 32.0 Å². The maximum absolute atomic E-state index is 13.0. The number of hydrogen-bond donors (Lipinski definition) is 1. The lowest BCUT2D eigenvalue weighted by Gasteiger charge is -2.30. The van der Waals surface area contributed by atoms with Gasteiger partial charge in [0.1, 0.15) is 5.82 Å². The van der Waals surface area contributed by atoms with Gasteiger partial charge in [-0.05, 0) is 38.0 Å². The zero-order chi connectivity index (χ0) is 19.4.